The van der Waals surface area contributed by atoms with Crippen molar-refractivity contribution in [3.8, 4) is 11.1 Å². The molecule has 2 aromatic rings. The summed E-state index contributed by atoms with van der Waals surface area (Å²) in [4.78, 5) is 15.9. The molecule has 0 bridgehead atoms. The van der Waals surface area contributed by atoms with Crippen molar-refractivity contribution >= 4 is 23.2 Å². The van der Waals surface area contributed by atoms with Gasteiger partial charge in [-0.1, -0.05) is 48.5 Å². The van der Waals surface area contributed by atoms with Crippen LogP contribution in [0.1, 0.15) is 0 Å². The number of carbonyl (C=O) groups is 1. The minimum absolute atomic E-state index is 0.0256. The zero-order valence-corrected chi connectivity index (χ0v) is 13.2. The highest BCUT2D eigenvalue weighted by Crippen LogP contribution is 2.31. The van der Waals surface area contributed by atoms with E-state index in [0.29, 0.717) is 0 Å². The van der Waals surface area contributed by atoms with E-state index in [4.69, 9.17) is 11.6 Å². The molecule has 0 N–H and O–H groups in total. The molecule has 1 heterocycles. The van der Waals surface area contributed by atoms with Crippen molar-refractivity contribution in [3.63, 3.8) is 0 Å². The van der Waals surface area contributed by atoms with Crippen molar-refractivity contribution in [2.45, 2.75) is 0 Å². The van der Waals surface area contributed by atoms with Gasteiger partial charge in [0, 0.05) is 37.4 Å². The van der Waals surface area contributed by atoms with E-state index in [1.54, 1.807) is 0 Å². The van der Waals surface area contributed by atoms with Gasteiger partial charge in [-0.15, -0.1) is 11.6 Å². The van der Waals surface area contributed by atoms with Crippen LogP contribution in [0, 0.1) is 0 Å². The molecule has 1 aliphatic rings. The maximum atomic E-state index is 11.7. The number of alkyl halides is 1. The molecule has 1 amide bonds. The van der Waals surface area contributed by atoms with E-state index < -0.39 is 0 Å². The van der Waals surface area contributed by atoms with Crippen molar-refractivity contribution in [1.82, 2.24) is 4.90 Å². The summed E-state index contributed by atoms with van der Waals surface area (Å²) < 4.78 is 0. The average molecular weight is 315 g/mol. The first-order valence-corrected chi connectivity index (χ1v) is 8.06. The average Bonchev–Trinajstić information content (AvgIpc) is 2.62. The number of rotatable bonds is 3. The third-order valence-corrected chi connectivity index (χ3v) is 4.30. The molecular formula is C18H19ClN2O. The van der Waals surface area contributed by atoms with Gasteiger partial charge in [-0.3, -0.25) is 4.79 Å². The Balaban J connectivity index is 1.81. The lowest BCUT2D eigenvalue weighted by molar-refractivity contribution is -0.128. The van der Waals surface area contributed by atoms with Crippen molar-refractivity contribution < 1.29 is 4.79 Å². The number of hydrogen-bond acceptors (Lipinski definition) is 2. The molecule has 4 heteroatoms. The summed E-state index contributed by atoms with van der Waals surface area (Å²) in [7, 11) is 0. The lowest BCUT2D eigenvalue weighted by Gasteiger charge is -2.36. The van der Waals surface area contributed by atoms with Crippen molar-refractivity contribution in [2.24, 2.45) is 0 Å². The standard InChI is InChI=1S/C18H19ClN2O/c19-14-18(22)21-12-10-20(11-13-21)17-9-5-4-8-16(17)15-6-2-1-3-7-15/h1-9H,10-14H2. The van der Waals surface area contributed by atoms with Gasteiger partial charge in [-0.2, -0.15) is 0 Å². The zero-order valence-electron chi connectivity index (χ0n) is 12.4. The molecule has 0 atom stereocenters. The smallest absolute Gasteiger partial charge is 0.237 e. The molecule has 3 rings (SSSR count). The van der Waals surface area contributed by atoms with Crippen LogP contribution in [0.25, 0.3) is 11.1 Å². The van der Waals surface area contributed by atoms with E-state index in [0.717, 1.165) is 26.2 Å². The Kier molecular flexibility index (Phi) is 4.64. The Labute approximate surface area is 136 Å². The number of piperazine rings is 1. The number of para-hydroxylation sites is 1. The maximum Gasteiger partial charge on any atom is 0.237 e. The fraction of sp³-hybridized carbons (Fsp3) is 0.278. The van der Waals surface area contributed by atoms with Crippen molar-refractivity contribution in [1.29, 1.82) is 0 Å². The van der Waals surface area contributed by atoms with Crippen LogP contribution >= 0.6 is 11.6 Å². The van der Waals surface area contributed by atoms with E-state index in [-0.39, 0.29) is 11.8 Å². The Morgan fingerprint density at radius 2 is 1.55 bits per heavy atom. The minimum atomic E-state index is 0.0256. The van der Waals surface area contributed by atoms with Gasteiger partial charge < -0.3 is 9.80 Å². The third-order valence-electron chi connectivity index (χ3n) is 4.08. The van der Waals surface area contributed by atoms with Crippen molar-refractivity contribution in [3.05, 3.63) is 54.6 Å². The Hall–Kier alpha value is -2.00. The van der Waals surface area contributed by atoms with E-state index in [9.17, 15) is 4.79 Å². The summed E-state index contributed by atoms with van der Waals surface area (Å²) in [6, 6.07) is 18.9. The fourth-order valence-corrected chi connectivity index (χ4v) is 3.06. The number of benzene rings is 2. The summed E-state index contributed by atoms with van der Waals surface area (Å²) in [5, 5.41) is 0. The highest BCUT2D eigenvalue weighted by molar-refractivity contribution is 6.27. The first-order valence-electron chi connectivity index (χ1n) is 7.53. The molecule has 114 valence electrons. The normalized spacial score (nSPS) is 15.0. The van der Waals surface area contributed by atoms with Gasteiger partial charge in [-0.25, -0.2) is 0 Å². The largest absolute Gasteiger partial charge is 0.367 e. The van der Waals surface area contributed by atoms with Gasteiger partial charge in [0.2, 0.25) is 5.91 Å². The summed E-state index contributed by atoms with van der Waals surface area (Å²) in [6.07, 6.45) is 0. The van der Waals surface area contributed by atoms with Crippen LogP contribution in [0.5, 0.6) is 0 Å². The molecule has 0 aliphatic carbocycles. The second kappa shape index (κ2) is 6.84. The van der Waals surface area contributed by atoms with Crippen LogP contribution in [0.3, 0.4) is 0 Å². The number of halogens is 1. The Morgan fingerprint density at radius 3 is 2.23 bits per heavy atom. The lowest BCUT2D eigenvalue weighted by atomic mass is 10.0. The van der Waals surface area contributed by atoms with Gasteiger partial charge >= 0.3 is 0 Å². The molecule has 0 saturated carbocycles. The summed E-state index contributed by atoms with van der Waals surface area (Å²) >= 11 is 5.64. The molecule has 1 aliphatic heterocycles. The van der Waals surface area contributed by atoms with Gasteiger partial charge in [0.1, 0.15) is 5.88 Å². The molecule has 0 aromatic heterocycles. The Morgan fingerprint density at radius 1 is 0.909 bits per heavy atom. The predicted octanol–water partition coefficient (Wildman–Crippen LogP) is 3.24. The molecule has 1 fully saturated rings. The van der Waals surface area contributed by atoms with Crippen LogP contribution in [0.15, 0.2) is 54.6 Å². The quantitative estimate of drug-likeness (QED) is 0.812. The van der Waals surface area contributed by atoms with E-state index in [1.807, 2.05) is 11.0 Å². The maximum absolute atomic E-state index is 11.7. The monoisotopic (exact) mass is 314 g/mol. The SMILES string of the molecule is O=C(CCl)N1CCN(c2ccccc2-c2ccccc2)CC1. The Bertz CT molecular complexity index is 637. The highest BCUT2D eigenvalue weighted by atomic mass is 35.5. The van der Waals surface area contributed by atoms with Gasteiger partial charge in [0.15, 0.2) is 0 Å². The van der Waals surface area contributed by atoms with Crippen molar-refractivity contribution in [2.75, 3.05) is 37.0 Å². The van der Waals surface area contributed by atoms with Crippen LogP contribution in [-0.2, 0) is 4.79 Å². The molecule has 3 nitrogen and oxygen atoms in total. The summed E-state index contributed by atoms with van der Waals surface area (Å²) in [5.41, 5.74) is 3.68. The molecule has 0 unspecified atom stereocenters. The zero-order chi connectivity index (χ0) is 15.4. The molecule has 0 spiro atoms. The second-order valence-corrected chi connectivity index (χ2v) is 5.65. The number of carbonyl (C=O) groups excluding carboxylic acids is 1. The topological polar surface area (TPSA) is 23.6 Å². The second-order valence-electron chi connectivity index (χ2n) is 5.38. The van der Waals surface area contributed by atoms with Crippen LogP contribution in [0.4, 0.5) is 5.69 Å². The number of amides is 1. The number of anilines is 1. The molecule has 1 saturated heterocycles. The number of hydrogen-bond donors (Lipinski definition) is 0. The molecule has 0 radical (unpaired) electrons. The van der Waals surface area contributed by atoms with Crippen LogP contribution < -0.4 is 4.90 Å². The number of nitrogens with zero attached hydrogens (tertiary/aromatic N) is 2. The first kappa shape index (κ1) is 14.9. The van der Waals surface area contributed by atoms with Gasteiger partial charge in [0.25, 0.3) is 0 Å². The first-order chi connectivity index (χ1) is 10.8. The van der Waals surface area contributed by atoms with E-state index >= 15 is 0 Å². The van der Waals surface area contributed by atoms with Gasteiger partial charge in [0.05, 0.1) is 0 Å². The molecule has 22 heavy (non-hydrogen) atoms. The predicted molar refractivity (Wildman–Crippen MR) is 91.4 cm³/mol. The summed E-state index contributed by atoms with van der Waals surface area (Å²) in [6.45, 7) is 3.14. The van der Waals surface area contributed by atoms with E-state index in [1.165, 1.54) is 16.8 Å². The van der Waals surface area contributed by atoms with Crippen LogP contribution in [0.2, 0.25) is 0 Å². The molecule has 2 aromatic carbocycles. The van der Waals surface area contributed by atoms with E-state index in [2.05, 4.69) is 53.4 Å². The third kappa shape index (κ3) is 3.09. The molecular weight excluding hydrogens is 296 g/mol. The fourth-order valence-electron chi connectivity index (χ4n) is 2.89. The van der Waals surface area contributed by atoms with Gasteiger partial charge in [-0.05, 0) is 11.6 Å². The van der Waals surface area contributed by atoms with Crippen LogP contribution in [-0.4, -0.2) is 42.9 Å². The highest BCUT2D eigenvalue weighted by Gasteiger charge is 2.22. The lowest BCUT2D eigenvalue weighted by Crippen LogP contribution is -2.49. The minimum Gasteiger partial charge on any atom is -0.367 e. The summed E-state index contributed by atoms with van der Waals surface area (Å²) in [5.74, 6) is 0.0957.